The maximum atomic E-state index is 11.7. The Morgan fingerprint density at radius 2 is 2.06 bits per heavy atom. The van der Waals surface area contributed by atoms with Gasteiger partial charge in [0.1, 0.15) is 5.60 Å². The van der Waals surface area contributed by atoms with E-state index < -0.39 is 5.60 Å². The molecule has 92 valence electrons. The predicted molar refractivity (Wildman–Crippen MR) is 59.7 cm³/mol. The Morgan fingerprint density at radius 3 is 2.56 bits per heavy atom. The highest BCUT2D eigenvalue weighted by Gasteiger charge is 2.30. The minimum absolute atomic E-state index is 0.185. The Morgan fingerprint density at radius 1 is 1.44 bits per heavy atom. The maximum Gasteiger partial charge on any atom is 0.410 e. The lowest BCUT2D eigenvalue weighted by Gasteiger charge is -2.24. The van der Waals surface area contributed by atoms with Crippen LogP contribution in [0.5, 0.6) is 0 Å². The lowest BCUT2D eigenvalue weighted by atomic mass is 10.1. The summed E-state index contributed by atoms with van der Waals surface area (Å²) < 4.78 is 5.25. The minimum Gasteiger partial charge on any atom is -0.444 e. The number of hydrogen-bond acceptors (Lipinski definition) is 3. The number of carbonyl (C=O) groups is 2. The molecule has 0 aromatic carbocycles. The molecule has 0 aromatic rings. The molecule has 1 aliphatic rings. The van der Waals surface area contributed by atoms with Gasteiger partial charge in [-0.25, -0.2) is 4.79 Å². The first kappa shape index (κ1) is 12.8. The quantitative estimate of drug-likeness (QED) is 0.769. The fourth-order valence-electron chi connectivity index (χ4n) is 1.78. The van der Waals surface area contributed by atoms with Crippen LogP contribution in [-0.2, 0) is 9.53 Å². The van der Waals surface area contributed by atoms with Gasteiger partial charge in [0.15, 0.2) is 0 Å². The number of primary amides is 1. The summed E-state index contributed by atoms with van der Waals surface area (Å²) >= 11 is 0. The first-order chi connectivity index (χ1) is 7.28. The summed E-state index contributed by atoms with van der Waals surface area (Å²) in [6.07, 6.45) is 0.862. The number of nitrogens with zero attached hydrogens (tertiary/aromatic N) is 1. The first-order valence-electron chi connectivity index (χ1n) is 5.54. The Labute approximate surface area is 95.9 Å². The Balaban J connectivity index is 2.41. The van der Waals surface area contributed by atoms with Crippen molar-refractivity contribution in [1.82, 2.24) is 4.90 Å². The van der Waals surface area contributed by atoms with E-state index in [9.17, 15) is 9.59 Å². The minimum atomic E-state index is -0.473. The van der Waals surface area contributed by atoms with Crippen LogP contribution in [0.1, 0.15) is 33.6 Å². The molecule has 1 fully saturated rings. The third-order valence-corrected chi connectivity index (χ3v) is 2.43. The molecule has 2 amide bonds. The average Bonchev–Trinajstić information content (AvgIpc) is 2.48. The molecule has 0 bridgehead atoms. The normalized spacial score (nSPS) is 20.9. The van der Waals surface area contributed by atoms with Crippen LogP contribution in [0.25, 0.3) is 0 Å². The second-order valence-electron chi connectivity index (χ2n) is 5.25. The summed E-state index contributed by atoms with van der Waals surface area (Å²) in [4.78, 5) is 24.1. The molecule has 1 heterocycles. The number of amides is 2. The van der Waals surface area contributed by atoms with Crippen LogP contribution >= 0.6 is 0 Å². The van der Waals surface area contributed by atoms with Crippen LogP contribution in [0.3, 0.4) is 0 Å². The maximum absolute atomic E-state index is 11.7. The van der Waals surface area contributed by atoms with Crippen molar-refractivity contribution in [2.75, 3.05) is 13.1 Å². The van der Waals surface area contributed by atoms with Gasteiger partial charge in [0.2, 0.25) is 5.91 Å². The average molecular weight is 228 g/mol. The summed E-state index contributed by atoms with van der Waals surface area (Å²) in [6, 6.07) is 0. The van der Waals surface area contributed by atoms with Crippen molar-refractivity contribution in [2.24, 2.45) is 11.7 Å². The monoisotopic (exact) mass is 228 g/mol. The van der Waals surface area contributed by atoms with Crippen molar-refractivity contribution >= 4 is 12.0 Å². The predicted octanol–water partition coefficient (Wildman–Crippen LogP) is 1.12. The molecule has 2 N–H and O–H groups in total. The second kappa shape index (κ2) is 4.72. The summed E-state index contributed by atoms with van der Waals surface area (Å²) in [5.41, 5.74) is 4.65. The summed E-state index contributed by atoms with van der Waals surface area (Å²) in [6.45, 7) is 6.72. The number of ether oxygens (including phenoxy) is 1. The third-order valence-electron chi connectivity index (χ3n) is 2.43. The number of carbonyl (C=O) groups excluding carboxylic acids is 2. The summed E-state index contributed by atoms with van der Waals surface area (Å²) in [5.74, 6) is -0.124. The standard InChI is InChI=1S/C11H20N2O3/c1-11(2,3)16-10(15)13-5-4-8(7-13)6-9(12)14/h8H,4-7H2,1-3H3,(H2,12,14). The summed E-state index contributed by atoms with van der Waals surface area (Å²) in [7, 11) is 0. The van der Waals surface area contributed by atoms with Crippen LogP contribution in [-0.4, -0.2) is 35.6 Å². The number of rotatable bonds is 2. The van der Waals surface area contributed by atoms with Gasteiger partial charge in [-0.3, -0.25) is 4.79 Å². The van der Waals surface area contributed by atoms with Gasteiger partial charge in [-0.1, -0.05) is 0 Å². The Hall–Kier alpha value is -1.26. The van der Waals surface area contributed by atoms with Crippen molar-refractivity contribution in [1.29, 1.82) is 0 Å². The van der Waals surface area contributed by atoms with E-state index in [4.69, 9.17) is 10.5 Å². The molecule has 1 unspecified atom stereocenters. The third kappa shape index (κ3) is 4.08. The molecule has 1 aliphatic heterocycles. The number of nitrogens with two attached hydrogens (primary N) is 1. The molecule has 16 heavy (non-hydrogen) atoms. The van der Waals surface area contributed by atoms with Crippen LogP contribution < -0.4 is 5.73 Å². The Kier molecular flexibility index (Phi) is 3.78. The zero-order valence-corrected chi connectivity index (χ0v) is 10.2. The number of hydrogen-bond donors (Lipinski definition) is 1. The van der Waals surface area contributed by atoms with Gasteiger partial charge in [0.25, 0.3) is 0 Å². The van der Waals surface area contributed by atoms with Crippen LogP contribution in [0.2, 0.25) is 0 Å². The molecule has 1 rings (SSSR count). The zero-order valence-electron chi connectivity index (χ0n) is 10.2. The fraction of sp³-hybridized carbons (Fsp3) is 0.818. The Bertz CT molecular complexity index is 283. The van der Waals surface area contributed by atoms with Gasteiger partial charge in [-0.05, 0) is 33.1 Å². The van der Waals surface area contributed by atoms with Gasteiger partial charge < -0.3 is 15.4 Å². The van der Waals surface area contributed by atoms with Crippen molar-refractivity contribution in [3.05, 3.63) is 0 Å². The van der Waals surface area contributed by atoms with Gasteiger partial charge in [-0.15, -0.1) is 0 Å². The smallest absolute Gasteiger partial charge is 0.410 e. The molecule has 1 saturated heterocycles. The van der Waals surface area contributed by atoms with Gasteiger partial charge in [0, 0.05) is 19.5 Å². The van der Waals surface area contributed by atoms with Crippen molar-refractivity contribution in [2.45, 2.75) is 39.2 Å². The first-order valence-corrected chi connectivity index (χ1v) is 5.54. The zero-order chi connectivity index (χ0) is 12.3. The molecule has 5 heteroatoms. The SMILES string of the molecule is CC(C)(C)OC(=O)N1CCC(CC(N)=O)C1. The van der Waals surface area contributed by atoms with E-state index >= 15 is 0 Å². The van der Waals surface area contributed by atoms with Crippen molar-refractivity contribution < 1.29 is 14.3 Å². The van der Waals surface area contributed by atoms with E-state index in [1.807, 2.05) is 20.8 Å². The van der Waals surface area contributed by atoms with E-state index in [1.165, 1.54) is 0 Å². The molecule has 1 atom stereocenters. The molecule has 0 aromatic heterocycles. The van der Waals surface area contributed by atoms with Crippen molar-refractivity contribution in [3.8, 4) is 0 Å². The van der Waals surface area contributed by atoms with Gasteiger partial charge in [0.05, 0.1) is 0 Å². The van der Waals surface area contributed by atoms with E-state index in [0.717, 1.165) is 6.42 Å². The lowest BCUT2D eigenvalue weighted by molar-refractivity contribution is -0.118. The van der Waals surface area contributed by atoms with Gasteiger partial charge in [-0.2, -0.15) is 0 Å². The molecule has 0 saturated carbocycles. The van der Waals surface area contributed by atoms with Crippen LogP contribution in [0, 0.1) is 5.92 Å². The van der Waals surface area contributed by atoms with E-state index in [2.05, 4.69) is 0 Å². The molecular formula is C11H20N2O3. The lowest BCUT2D eigenvalue weighted by Crippen LogP contribution is -2.35. The number of likely N-dealkylation sites (tertiary alicyclic amines) is 1. The van der Waals surface area contributed by atoms with Crippen LogP contribution in [0.4, 0.5) is 4.79 Å². The van der Waals surface area contributed by atoms with Crippen LogP contribution in [0.15, 0.2) is 0 Å². The molecule has 0 aliphatic carbocycles. The molecular weight excluding hydrogens is 208 g/mol. The van der Waals surface area contributed by atoms with E-state index in [0.29, 0.717) is 19.5 Å². The van der Waals surface area contributed by atoms with Gasteiger partial charge >= 0.3 is 6.09 Å². The summed E-state index contributed by atoms with van der Waals surface area (Å²) in [5, 5.41) is 0. The highest BCUT2D eigenvalue weighted by atomic mass is 16.6. The fourth-order valence-corrected chi connectivity index (χ4v) is 1.78. The highest BCUT2D eigenvalue weighted by Crippen LogP contribution is 2.21. The second-order valence-corrected chi connectivity index (χ2v) is 5.25. The topological polar surface area (TPSA) is 72.6 Å². The molecule has 0 spiro atoms. The van der Waals surface area contributed by atoms with E-state index in [1.54, 1.807) is 4.90 Å². The molecule has 5 nitrogen and oxygen atoms in total. The largest absolute Gasteiger partial charge is 0.444 e. The molecule has 0 radical (unpaired) electrons. The van der Waals surface area contributed by atoms with E-state index in [-0.39, 0.29) is 17.9 Å². The van der Waals surface area contributed by atoms with Crippen molar-refractivity contribution in [3.63, 3.8) is 0 Å². The highest BCUT2D eigenvalue weighted by molar-refractivity contribution is 5.74.